The van der Waals surface area contributed by atoms with E-state index in [9.17, 15) is 4.79 Å². The number of nitrogens with one attached hydrogen (secondary N) is 2. The van der Waals surface area contributed by atoms with Gasteiger partial charge in [0.25, 0.3) is 0 Å². The van der Waals surface area contributed by atoms with Crippen LogP contribution in [-0.4, -0.2) is 32.0 Å². The second kappa shape index (κ2) is 11.0. The van der Waals surface area contributed by atoms with Crippen molar-refractivity contribution in [3.05, 3.63) is 112 Å². The molecule has 0 saturated carbocycles. The van der Waals surface area contributed by atoms with E-state index in [1.54, 1.807) is 6.20 Å². The predicted molar refractivity (Wildman–Crippen MR) is 157 cm³/mol. The number of halogens is 1. The summed E-state index contributed by atoms with van der Waals surface area (Å²) in [7, 11) is 0. The van der Waals surface area contributed by atoms with Gasteiger partial charge in [-0.25, -0.2) is 0 Å². The van der Waals surface area contributed by atoms with Gasteiger partial charge in [-0.15, -0.1) is 0 Å². The number of hydrogen-bond acceptors (Lipinski definition) is 3. The summed E-state index contributed by atoms with van der Waals surface area (Å²) in [6, 6.07) is 23.5. The zero-order valence-corrected chi connectivity index (χ0v) is 23.2. The average molecular weight is 544 g/mol. The number of aromatic nitrogens is 2. The highest BCUT2D eigenvalue weighted by atomic mass is 35.5. The van der Waals surface area contributed by atoms with Gasteiger partial charge < -0.3 is 20.1 Å². The number of carbonyl (C=O) groups is 1. The molecule has 2 aromatic heterocycles. The predicted octanol–water partition coefficient (Wildman–Crippen LogP) is 6.45. The molecule has 0 bridgehead atoms. The Labute approximate surface area is 233 Å². The van der Waals surface area contributed by atoms with Crippen LogP contribution in [0.5, 0.6) is 0 Å². The molecule has 38 heavy (non-hydrogen) atoms. The molecule has 1 saturated heterocycles. The number of pyridine rings is 1. The van der Waals surface area contributed by atoms with Crippen LogP contribution >= 0.6 is 23.8 Å². The van der Waals surface area contributed by atoms with Crippen LogP contribution in [0.25, 0.3) is 5.69 Å². The normalized spacial score (nSPS) is 16.9. The van der Waals surface area contributed by atoms with E-state index in [1.807, 2.05) is 73.7 Å². The third kappa shape index (κ3) is 5.30. The monoisotopic (exact) mass is 543 g/mol. The van der Waals surface area contributed by atoms with Gasteiger partial charge in [0, 0.05) is 46.9 Å². The summed E-state index contributed by atoms with van der Waals surface area (Å²) in [4.78, 5) is 19.7. The summed E-state index contributed by atoms with van der Waals surface area (Å²) in [5.41, 5.74) is 7.20. The summed E-state index contributed by atoms with van der Waals surface area (Å²) >= 11 is 12.0. The number of thiocarbonyl (C=S) groups is 1. The first-order chi connectivity index (χ1) is 18.3. The molecule has 1 aliphatic heterocycles. The first-order valence-electron chi connectivity index (χ1n) is 12.6. The fourth-order valence-electron chi connectivity index (χ4n) is 5.23. The van der Waals surface area contributed by atoms with E-state index in [-0.39, 0.29) is 18.0 Å². The van der Waals surface area contributed by atoms with Crippen LogP contribution in [-0.2, 0) is 4.79 Å². The van der Waals surface area contributed by atoms with Gasteiger partial charge in [0.1, 0.15) is 0 Å². The van der Waals surface area contributed by atoms with Crippen molar-refractivity contribution in [1.29, 1.82) is 0 Å². The Balaban J connectivity index is 1.46. The SMILES string of the molecule is Cc1cccc(NC(=O)CCN2C(=S)N[C@@H](c3ccccn3)[C@@H]2c2cc(C)n(-c3ccc(Cl)cc3)c2C)c1. The number of hydrogen-bond donors (Lipinski definition) is 2. The summed E-state index contributed by atoms with van der Waals surface area (Å²) in [5.74, 6) is -0.0509. The molecule has 0 radical (unpaired) electrons. The van der Waals surface area contributed by atoms with E-state index in [0.717, 1.165) is 39.6 Å². The molecule has 4 aromatic rings. The van der Waals surface area contributed by atoms with Crippen LogP contribution in [0.1, 0.15) is 46.7 Å². The minimum Gasteiger partial charge on any atom is -0.352 e. The maximum absolute atomic E-state index is 12.9. The van der Waals surface area contributed by atoms with E-state index in [2.05, 4.69) is 45.0 Å². The fraction of sp³-hybridized carbons (Fsp3) is 0.233. The molecule has 1 fully saturated rings. The van der Waals surface area contributed by atoms with Crippen LogP contribution in [0.2, 0.25) is 5.02 Å². The first kappa shape index (κ1) is 25.9. The van der Waals surface area contributed by atoms with Crippen LogP contribution in [0.4, 0.5) is 5.69 Å². The van der Waals surface area contributed by atoms with Crippen LogP contribution in [0.15, 0.2) is 79.0 Å². The lowest BCUT2D eigenvalue weighted by Crippen LogP contribution is -2.32. The van der Waals surface area contributed by atoms with Gasteiger partial charge in [0.2, 0.25) is 5.91 Å². The van der Waals surface area contributed by atoms with Gasteiger partial charge in [-0.05, 0) is 98.7 Å². The molecule has 1 amide bonds. The number of aryl methyl sites for hydroxylation is 2. The van der Waals surface area contributed by atoms with Crippen molar-refractivity contribution in [1.82, 2.24) is 19.8 Å². The number of anilines is 1. The van der Waals surface area contributed by atoms with Crippen molar-refractivity contribution in [3.8, 4) is 5.69 Å². The van der Waals surface area contributed by atoms with Gasteiger partial charge in [-0.1, -0.05) is 29.8 Å². The summed E-state index contributed by atoms with van der Waals surface area (Å²) in [6.45, 7) is 6.70. The van der Waals surface area contributed by atoms with Crippen LogP contribution in [0, 0.1) is 20.8 Å². The quantitative estimate of drug-likeness (QED) is 0.262. The smallest absolute Gasteiger partial charge is 0.226 e. The second-order valence-corrected chi connectivity index (χ2v) is 10.4. The molecule has 8 heteroatoms. The van der Waals surface area contributed by atoms with Gasteiger partial charge in [-0.2, -0.15) is 0 Å². The molecule has 2 aromatic carbocycles. The molecule has 3 heterocycles. The highest BCUT2D eigenvalue weighted by Gasteiger charge is 2.41. The summed E-state index contributed by atoms with van der Waals surface area (Å²) < 4.78 is 2.23. The molecule has 0 spiro atoms. The number of carbonyl (C=O) groups excluding carboxylic acids is 1. The molecule has 2 N–H and O–H groups in total. The van der Waals surface area contributed by atoms with Crippen molar-refractivity contribution in [2.75, 3.05) is 11.9 Å². The van der Waals surface area contributed by atoms with E-state index >= 15 is 0 Å². The topological polar surface area (TPSA) is 62.2 Å². The Bertz CT molecular complexity index is 1470. The van der Waals surface area contributed by atoms with Gasteiger partial charge in [-0.3, -0.25) is 9.78 Å². The van der Waals surface area contributed by atoms with Gasteiger partial charge in [0.15, 0.2) is 5.11 Å². The molecule has 5 rings (SSSR count). The number of nitrogens with zero attached hydrogens (tertiary/aromatic N) is 3. The Morgan fingerprint density at radius 2 is 1.84 bits per heavy atom. The van der Waals surface area contributed by atoms with Gasteiger partial charge in [0.05, 0.1) is 17.8 Å². The molecule has 194 valence electrons. The minimum atomic E-state index is -0.150. The maximum atomic E-state index is 12.9. The number of amides is 1. The van der Waals surface area contributed by atoms with Crippen LogP contribution < -0.4 is 10.6 Å². The second-order valence-electron chi connectivity index (χ2n) is 9.63. The van der Waals surface area contributed by atoms with E-state index < -0.39 is 0 Å². The van der Waals surface area contributed by atoms with E-state index in [0.29, 0.717) is 23.1 Å². The Morgan fingerprint density at radius 3 is 2.55 bits per heavy atom. The van der Waals surface area contributed by atoms with Crippen molar-refractivity contribution >= 4 is 40.5 Å². The molecular formula is C30H30ClN5OS. The van der Waals surface area contributed by atoms with Crippen molar-refractivity contribution < 1.29 is 4.79 Å². The zero-order chi connectivity index (χ0) is 26.8. The Morgan fingerprint density at radius 1 is 1.05 bits per heavy atom. The van der Waals surface area contributed by atoms with Crippen molar-refractivity contribution in [2.24, 2.45) is 0 Å². The summed E-state index contributed by atoms with van der Waals surface area (Å²) in [6.07, 6.45) is 2.10. The Kier molecular flexibility index (Phi) is 7.49. The zero-order valence-electron chi connectivity index (χ0n) is 21.6. The largest absolute Gasteiger partial charge is 0.352 e. The minimum absolute atomic E-state index is 0.0509. The lowest BCUT2D eigenvalue weighted by atomic mass is 9.96. The van der Waals surface area contributed by atoms with Crippen molar-refractivity contribution in [3.63, 3.8) is 0 Å². The van der Waals surface area contributed by atoms with Crippen LogP contribution in [0.3, 0.4) is 0 Å². The third-order valence-electron chi connectivity index (χ3n) is 6.95. The third-order valence-corrected chi connectivity index (χ3v) is 7.56. The lowest BCUT2D eigenvalue weighted by Gasteiger charge is -2.28. The highest BCUT2D eigenvalue weighted by molar-refractivity contribution is 7.80. The molecular weight excluding hydrogens is 514 g/mol. The standard InChI is InChI=1S/C30H30ClN5OS/c1-19-7-6-8-23(17-19)33-27(37)14-16-35-29(28(34-30(35)38)26-9-4-5-15-32-26)25-18-20(2)36(21(25)3)24-12-10-22(31)11-13-24/h4-13,15,17-18,28-29H,14,16H2,1-3H3,(H,33,37)(H,34,38)/t28-,29-/m0/s1. The lowest BCUT2D eigenvalue weighted by molar-refractivity contribution is -0.116. The average Bonchev–Trinajstić information content (AvgIpc) is 3.38. The highest BCUT2D eigenvalue weighted by Crippen LogP contribution is 2.41. The molecule has 6 nitrogen and oxygen atoms in total. The van der Waals surface area contributed by atoms with Crippen molar-refractivity contribution in [2.45, 2.75) is 39.3 Å². The number of rotatable bonds is 7. The molecule has 1 aliphatic rings. The molecule has 0 unspecified atom stereocenters. The molecule has 2 atom stereocenters. The summed E-state index contributed by atoms with van der Waals surface area (Å²) in [5, 5.41) is 7.82. The number of benzene rings is 2. The fourth-order valence-corrected chi connectivity index (χ4v) is 5.69. The van der Waals surface area contributed by atoms with Gasteiger partial charge >= 0.3 is 0 Å². The molecule has 0 aliphatic carbocycles. The first-order valence-corrected chi connectivity index (χ1v) is 13.4. The van der Waals surface area contributed by atoms with E-state index in [1.165, 1.54) is 0 Å². The van der Waals surface area contributed by atoms with E-state index in [4.69, 9.17) is 23.8 Å². The Hall–Kier alpha value is -3.68. The maximum Gasteiger partial charge on any atom is 0.226 e.